The van der Waals surface area contributed by atoms with E-state index < -0.39 is 0 Å². The Labute approximate surface area is 151 Å². The van der Waals surface area contributed by atoms with E-state index >= 15 is 0 Å². The summed E-state index contributed by atoms with van der Waals surface area (Å²) in [7, 11) is 0. The number of benzene rings is 1. The van der Waals surface area contributed by atoms with Crippen molar-refractivity contribution in [2.24, 2.45) is 0 Å². The second-order valence-electron chi connectivity index (χ2n) is 5.22. The first-order valence-electron chi connectivity index (χ1n) is 7.80. The smallest absolute Gasteiger partial charge is 0.118 e. The third-order valence-electron chi connectivity index (χ3n) is 3.46. The van der Waals surface area contributed by atoms with Crippen molar-refractivity contribution < 1.29 is 9.84 Å². The van der Waals surface area contributed by atoms with Crippen LogP contribution in [0.4, 0.5) is 0 Å². The van der Waals surface area contributed by atoms with Gasteiger partial charge in [0.05, 0.1) is 6.61 Å². The summed E-state index contributed by atoms with van der Waals surface area (Å²) in [6, 6.07) is 7.64. The van der Waals surface area contributed by atoms with Gasteiger partial charge in [0, 0.05) is 36.2 Å². The summed E-state index contributed by atoms with van der Waals surface area (Å²) in [6.45, 7) is 5.16. The molecule has 0 bridgehead atoms. The molecule has 21 heavy (non-hydrogen) atoms. The van der Waals surface area contributed by atoms with Gasteiger partial charge >= 0.3 is 0 Å². The molecule has 0 saturated carbocycles. The summed E-state index contributed by atoms with van der Waals surface area (Å²) < 4.78 is 5.35. The number of hydrogen-bond acceptors (Lipinski definition) is 2. The van der Waals surface area contributed by atoms with Crippen LogP contribution in [0.3, 0.4) is 0 Å². The monoisotopic (exact) mass is 299 g/mol. The Bertz CT molecular complexity index is 366. The molecule has 0 aliphatic heterocycles. The van der Waals surface area contributed by atoms with Crippen LogP contribution in [0.2, 0.25) is 0 Å². The molecule has 1 rings (SSSR count). The molecule has 1 aromatic carbocycles. The van der Waals surface area contributed by atoms with Gasteiger partial charge in [0.25, 0.3) is 0 Å². The van der Waals surface area contributed by atoms with E-state index in [0.717, 1.165) is 25.0 Å². The predicted molar refractivity (Wildman–Crippen MR) is 90.9 cm³/mol. The molecule has 113 valence electrons. The van der Waals surface area contributed by atoms with Crippen molar-refractivity contribution in [3.63, 3.8) is 0 Å². The Balaban J connectivity index is 0.00000400. The first-order chi connectivity index (χ1) is 9.84. The molecule has 0 fully saturated rings. The molecule has 0 aliphatic rings. The van der Waals surface area contributed by atoms with E-state index in [4.69, 9.17) is 4.74 Å². The van der Waals surface area contributed by atoms with Gasteiger partial charge in [0.15, 0.2) is 0 Å². The molecule has 0 amide bonds. The van der Waals surface area contributed by atoms with Crippen LogP contribution in [-0.2, 0) is 11.2 Å². The van der Waals surface area contributed by atoms with Crippen molar-refractivity contribution in [3.8, 4) is 5.75 Å². The molecule has 1 radical (unpaired) electrons. The van der Waals surface area contributed by atoms with Crippen molar-refractivity contribution in [3.05, 3.63) is 42.5 Å². The molecule has 3 heteroatoms. The van der Waals surface area contributed by atoms with E-state index in [1.807, 2.05) is 18.2 Å². The fraction of sp³-hybridized carbons (Fsp3) is 0.556. The van der Waals surface area contributed by atoms with Crippen molar-refractivity contribution in [1.29, 1.82) is 0 Å². The zero-order valence-electron chi connectivity index (χ0n) is 13.5. The number of ether oxygens (including phenoxy) is 1. The SMILES string of the molecule is C=CCOCCCCCCCCCc1ccccc1O.[Na]. The largest absolute Gasteiger partial charge is 0.508 e. The minimum absolute atomic E-state index is 0. The van der Waals surface area contributed by atoms with Crippen LogP contribution in [0.1, 0.15) is 50.5 Å². The molecule has 1 aromatic rings. The standard InChI is InChI=1S/C18H28O2.Na/c1-2-15-20-16-11-7-5-3-4-6-8-12-17-13-9-10-14-18(17)19;/h2,9-10,13-14,19H,1,3-8,11-12,15-16H2;. The minimum Gasteiger partial charge on any atom is -0.508 e. The van der Waals surface area contributed by atoms with Gasteiger partial charge in [-0.15, -0.1) is 6.58 Å². The molecular weight excluding hydrogens is 271 g/mol. The maximum atomic E-state index is 9.65. The molecule has 0 heterocycles. The van der Waals surface area contributed by atoms with E-state index in [2.05, 4.69) is 6.58 Å². The molecule has 1 N–H and O–H groups in total. The second kappa shape index (κ2) is 14.6. The average molecular weight is 299 g/mol. The van der Waals surface area contributed by atoms with E-state index in [0.29, 0.717) is 12.4 Å². The third-order valence-corrected chi connectivity index (χ3v) is 3.46. The van der Waals surface area contributed by atoms with Crippen LogP contribution in [0.5, 0.6) is 5.75 Å². The maximum absolute atomic E-state index is 9.65. The van der Waals surface area contributed by atoms with Crippen molar-refractivity contribution in [2.75, 3.05) is 13.2 Å². The molecule has 0 aliphatic carbocycles. The van der Waals surface area contributed by atoms with Crippen LogP contribution in [-0.4, -0.2) is 47.9 Å². The van der Waals surface area contributed by atoms with Crippen LogP contribution in [0.25, 0.3) is 0 Å². The predicted octanol–water partition coefficient (Wildman–Crippen LogP) is 4.49. The topological polar surface area (TPSA) is 29.5 Å². The molecule has 0 saturated heterocycles. The maximum Gasteiger partial charge on any atom is 0.118 e. The van der Waals surface area contributed by atoms with E-state index in [-0.39, 0.29) is 29.6 Å². The number of rotatable bonds is 12. The second-order valence-corrected chi connectivity index (χ2v) is 5.22. The van der Waals surface area contributed by atoms with Crippen molar-refractivity contribution in [1.82, 2.24) is 0 Å². The van der Waals surface area contributed by atoms with E-state index in [1.165, 1.54) is 38.5 Å². The van der Waals surface area contributed by atoms with Crippen LogP contribution in [0.15, 0.2) is 36.9 Å². The quantitative estimate of drug-likeness (QED) is 0.350. The number of unbranched alkanes of at least 4 members (excludes halogenated alkanes) is 6. The Morgan fingerprint density at radius 3 is 2.24 bits per heavy atom. The molecule has 0 atom stereocenters. The summed E-state index contributed by atoms with van der Waals surface area (Å²) in [6.07, 6.45) is 11.5. The van der Waals surface area contributed by atoms with E-state index in [1.54, 1.807) is 12.1 Å². The van der Waals surface area contributed by atoms with Gasteiger partial charge in [-0.1, -0.05) is 56.4 Å². The van der Waals surface area contributed by atoms with Gasteiger partial charge < -0.3 is 9.84 Å². The van der Waals surface area contributed by atoms with Crippen molar-refractivity contribution in [2.45, 2.75) is 51.4 Å². The first-order valence-corrected chi connectivity index (χ1v) is 7.80. The summed E-state index contributed by atoms with van der Waals surface area (Å²) in [5, 5.41) is 9.65. The fourth-order valence-corrected chi connectivity index (χ4v) is 2.29. The Morgan fingerprint density at radius 2 is 1.57 bits per heavy atom. The molecular formula is C18H28NaO2. The number of phenolic OH excluding ortho intramolecular Hbond substituents is 1. The number of para-hydroxylation sites is 1. The Morgan fingerprint density at radius 1 is 0.952 bits per heavy atom. The number of aryl methyl sites for hydroxylation is 1. The van der Waals surface area contributed by atoms with Crippen LogP contribution < -0.4 is 0 Å². The van der Waals surface area contributed by atoms with Gasteiger partial charge in [0.2, 0.25) is 0 Å². The van der Waals surface area contributed by atoms with E-state index in [9.17, 15) is 5.11 Å². The summed E-state index contributed by atoms with van der Waals surface area (Å²) in [5.41, 5.74) is 1.08. The zero-order valence-corrected chi connectivity index (χ0v) is 15.5. The molecule has 0 aromatic heterocycles. The Kier molecular flexibility index (Phi) is 14.5. The first kappa shape index (κ1) is 20.7. The number of hydrogen-bond donors (Lipinski definition) is 1. The molecule has 2 nitrogen and oxygen atoms in total. The third kappa shape index (κ3) is 11.0. The number of aromatic hydroxyl groups is 1. The van der Waals surface area contributed by atoms with Crippen LogP contribution in [0, 0.1) is 0 Å². The fourth-order valence-electron chi connectivity index (χ4n) is 2.29. The molecule has 0 unspecified atom stereocenters. The zero-order chi connectivity index (χ0) is 14.5. The van der Waals surface area contributed by atoms with Crippen LogP contribution >= 0.6 is 0 Å². The summed E-state index contributed by atoms with van der Waals surface area (Å²) in [5.74, 6) is 0.437. The van der Waals surface area contributed by atoms with Gasteiger partial charge in [-0.25, -0.2) is 0 Å². The summed E-state index contributed by atoms with van der Waals surface area (Å²) >= 11 is 0. The van der Waals surface area contributed by atoms with Gasteiger partial charge in [0.1, 0.15) is 5.75 Å². The number of phenols is 1. The minimum atomic E-state index is 0. The van der Waals surface area contributed by atoms with Crippen molar-refractivity contribution >= 4 is 29.6 Å². The molecule has 0 spiro atoms. The van der Waals surface area contributed by atoms with Gasteiger partial charge in [-0.2, -0.15) is 0 Å². The average Bonchev–Trinajstić information content (AvgIpc) is 2.46. The van der Waals surface area contributed by atoms with Gasteiger partial charge in [-0.05, 0) is 30.9 Å². The Hall–Kier alpha value is -0.280. The normalized spacial score (nSPS) is 10.1. The summed E-state index contributed by atoms with van der Waals surface area (Å²) in [4.78, 5) is 0. The van der Waals surface area contributed by atoms with Gasteiger partial charge in [-0.3, -0.25) is 0 Å².